The Morgan fingerprint density at radius 1 is 0.958 bits per heavy atom. The SMILES string of the molecule is C[N+](C)(Oc1ccc2c(c1)oc1cc(Cl)ccc12)C1CCCCC1. The highest BCUT2D eigenvalue weighted by molar-refractivity contribution is 6.31. The highest BCUT2D eigenvalue weighted by Crippen LogP contribution is 2.34. The van der Waals surface area contributed by atoms with Crippen molar-refractivity contribution in [2.24, 2.45) is 0 Å². The molecule has 1 saturated carbocycles. The molecule has 0 saturated heterocycles. The Bertz CT molecular complexity index is 878. The Kier molecular flexibility index (Phi) is 3.93. The second kappa shape index (κ2) is 5.98. The Morgan fingerprint density at radius 2 is 1.62 bits per heavy atom. The fourth-order valence-corrected chi connectivity index (χ4v) is 4.00. The molecule has 3 aromatic rings. The Morgan fingerprint density at radius 3 is 2.38 bits per heavy atom. The topological polar surface area (TPSA) is 22.4 Å². The minimum absolute atomic E-state index is 0.559. The van der Waals surface area contributed by atoms with Crippen molar-refractivity contribution in [1.82, 2.24) is 0 Å². The molecule has 126 valence electrons. The van der Waals surface area contributed by atoms with Crippen LogP contribution in [0.25, 0.3) is 21.9 Å². The van der Waals surface area contributed by atoms with Gasteiger partial charge in [-0.2, -0.15) is 0 Å². The zero-order valence-electron chi connectivity index (χ0n) is 14.2. The van der Waals surface area contributed by atoms with E-state index >= 15 is 0 Å². The van der Waals surface area contributed by atoms with Gasteiger partial charge in [-0.25, -0.2) is 0 Å². The molecule has 0 unspecified atom stereocenters. The van der Waals surface area contributed by atoms with Crippen LogP contribution >= 0.6 is 11.6 Å². The lowest BCUT2D eigenvalue weighted by Gasteiger charge is -2.37. The first kappa shape index (κ1) is 15.8. The van der Waals surface area contributed by atoms with Crippen molar-refractivity contribution in [3.05, 3.63) is 41.4 Å². The zero-order chi connectivity index (χ0) is 16.7. The number of hydrogen-bond acceptors (Lipinski definition) is 2. The van der Waals surface area contributed by atoms with E-state index in [9.17, 15) is 0 Å². The average molecular weight is 345 g/mol. The highest BCUT2D eigenvalue weighted by Gasteiger charge is 2.32. The van der Waals surface area contributed by atoms with Crippen molar-refractivity contribution in [2.75, 3.05) is 14.1 Å². The standard InChI is InChI=1S/C20H23ClNO2/c1-22(2,15-6-4-3-5-7-15)24-16-9-11-18-17-10-8-14(21)12-19(17)23-20(18)13-16/h8-13,15H,3-7H2,1-2H3/q+1. The smallest absolute Gasteiger partial charge is 0.193 e. The molecular weight excluding hydrogens is 322 g/mol. The van der Waals surface area contributed by atoms with Gasteiger partial charge in [0, 0.05) is 40.8 Å². The van der Waals surface area contributed by atoms with Gasteiger partial charge in [0.1, 0.15) is 31.3 Å². The van der Waals surface area contributed by atoms with Crippen LogP contribution in [0.1, 0.15) is 32.1 Å². The second-order valence-corrected chi connectivity index (χ2v) is 7.65. The monoisotopic (exact) mass is 344 g/mol. The van der Waals surface area contributed by atoms with Gasteiger partial charge in [-0.1, -0.05) is 18.0 Å². The summed E-state index contributed by atoms with van der Waals surface area (Å²) in [6.45, 7) is 0. The predicted molar refractivity (Wildman–Crippen MR) is 98.3 cm³/mol. The molecule has 2 aromatic carbocycles. The van der Waals surface area contributed by atoms with Crippen LogP contribution in [0.5, 0.6) is 5.75 Å². The quantitative estimate of drug-likeness (QED) is 0.433. The van der Waals surface area contributed by atoms with Crippen molar-refractivity contribution in [3.63, 3.8) is 0 Å². The minimum Gasteiger partial charge on any atom is -0.456 e. The summed E-state index contributed by atoms with van der Waals surface area (Å²) < 4.78 is 6.53. The number of rotatable bonds is 3. The lowest BCUT2D eigenvalue weighted by Crippen LogP contribution is -2.52. The van der Waals surface area contributed by atoms with Crippen molar-refractivity contribution in [2.45, 2.75) is 38.1 Å². The number of hydrogen-bond donors (Lipinski definition) is 0. The van der Waals surface area contributed by atoms with E-state index in [1.165, 1.54) is 32.1 Å². The second-order valence-electron chi connectivity index (χ2n) is 7.22. The Hall–Kier alpha value is -1.71. The molecule has 0 bridgehead atoms. The van der Waals surface area contributed by atoms with Crippen molar-refractivity contribution < 1.29 is 13.9 Å². The van der Waals surface area contributed by atoms with Crippen LogP contribution in [0, 0.1) is 0 Å². The first-order chi connectivity index (χ1) is 11.5. The predicted octanol–water partition coefficient (Wildman–Crippen LogP) is 5.94. The third kappa shape index (κ3) is 2.87. The molecular formula is C20H23ClNO2+. The van der Waals surface area contributed by atoms with E-state index in [4.69, 9.17) is 20.9 Å². The summed E-state index contributed by atoms with van der Waals surface area (Å²) >= 11 is 6.06. The van der Waals surface area contributed by atoms with Gasteiger partial charge in [-0.05, 0) is 37.1 Å². The first-order valence-corrected chi connectivity index (χ1v) is 9.06. The highest BCUT2D eigenvalue weighted by atomic mass is 35.5. The normalized spacial score (nSPS) is 16.8. The van der Waals surface area contributed by atoms with E-state index in [0.29, 0.717) is 15.7 Å². The average Bonchev–Trinajstić information content (AvgIpc) is 2.91. The molecule has 1 fully saturated rings. The van der Waals surface area contributed by atoms with Crippen LogP contribution in [0.3, 0.4) is 0 Å². The molecule has 0 spiro atoms. The lowest BCUT2D eigenvalue weighted by atomic mass is 9.94. The number of furan rings is 1. The van der Waals surface area contributed by atoms with Crippen LogP contribution in [0.4, 0.5) is 0 Å². The molecule has 0 N–H and O–H groups in total. The van der Waals surface area contributed by atoms with Gasteiger partial charge in [0.15, 0.2) is 5.75 Å². The van der Waals surface area contributed by atoms with Gasteiger partial charge < -0.3 is 9.25 Å². The number of halogens is 1. The van der Waals surface area contributed by atoms with Crippen molar-refractivity contribution in [1.29, 1.82) is 0 Å². The third-order valence-corrected chi connectivity index (χ3v) is 5.44. The summed E-state index contributed by atoms with van der Waals surface area (Å²) in [5.74, 6) is 0.850. The molecule has 0 aliphatic heterocycles. The number of quaternary nitrogens is 1. The molecule has 1 heterocycles. The largest absolute Gasteiger partial charge is 0.456 e. The Balaban J connectivity index is 1.66. The summed E-state index contributed by atoms with van der Waals surface area (Å²) in [4.78, 5) is 6.32. The summed E-state index contributed by atoms with van der Waals surface area (Å²) in [7, 11) is 4.30. The fourth-order valence-electron chi connectivity index (χ4n) is 3.84. The number of fused-ring (bicyclic) bond motifs is 3. The maximum Gasteiger partial charge on any atom is 0.193 e. The minimum atomic E-state index is 0.559. The van der Waals surface area contributed by atoms with Gasteiger partial charge in [0.05, 0.1) is 0 Å². The molecule has 3 nitrogen and oxygen atoms in total. The first-order valence-electron chi connectivity index (χ1n) is 8.68. The summed E-state index contributed by atoms with van der Waals surface area (Å²) in [5, 5.41) is 2.87. The van der Waals surface area contributed by atoms with Gasteiger partial charge in [-0.15, -0.1) is 4.65 Å². The molecule has 24 heavy (non-hydrogen) atoms. The molecule has 0 atom stereocenters. The maximum atomic E-state index is 6.32. The van der Waals surface area contributed by atoms with E-state index in [0.717, 1.165) is 27.7 Å². The Labute approximate surface area is 147 Å². The summed E-state index contributed by atoms with van der Waals surface area (Å²) in [5.41, 5.74) is 1.66. The zero-order valence-corrected chi connectivity index (χ0v) is 15.0. The number of benzene rings is 2. The van der Waals surface area contributed by atoms with Crippen LogP contribution in [0.15, 0.2) is 40.8 Å². The molecule has 1 aliphatic carbocycles. The third-order valence-electron chi connectivity index (χ3n) is 5.20. The molecule has 0 radical (unpaired) electrons. The van der Waals surface area contributed by atoms with Crippen LogP contribution in [0.2, 0.25) is 5.02 Å². The van der Waals surface area contributed by atoms with E-state index < -0.39 is 0 Å². The van der Waals surface area contributed by atoms with E-state index in [1.807, 2.05) is 30.3 Å². The van der Waals surface area contributed by atoms with Crippen LogP contribution in [-0.2, 0) is 0 Å². The van der Waals surface area contributed by atoms with E-state index in [-0.39, 0.29) is 0 Å². The maximum absolute atomic E-state index is 6.32. The number of hydroxylamine groups is 3. The molecule has 1 aromatic heterocycles. The van der Waals surface area contributed by atoms with Crippen LogP contribution < -0.4 is 4.84 Å². The van der Waals surface area contributed by atoms with Crippen molar-refractivity contribution >= 4 is 33.5 Å². The van der Waals surface area contributed by atoms with Crippen LogP contribution in [-0.4, -0.2) is 24.8 Å². The molecule has 4 heteroatoms. The summed E-state index contributed by atoms with van der Waals surface area (Å²) in [6, 6.07) is 12.4. The summed E-state index contributed by atoms with van der Waals surface area (Å²) in [6.07, 6.45) is 6.43. The number of nitrogens with zero attached hydrogens (tertiary/aromatic N) is 1. The molecule has 0 amide bonds. The van der Waals surface area contributed by atoms with Gasteiger partial charge in [-0.3, -0.25) is 0 Å². The lowest BCUT2D eigenvalue weighted by molar-refractivity contribution is -1.07. The van der Waals surface area contributed by atoms with E-state index in [1.54, 1.807) is 0 Å². The van der Waals surface area contributed by atoms with E-state index in [2.05, 4.69) is 20.2 Å². The van der Waals surface area contributed by atoms with Gasteiger partial charge in [0.25, 0.3) is 0 Å². The molecule has 1 aliphatic rings. The van der Waals surface area contributed by atoms with Gasteiger partial charge >= 0.3 is 0 Å². The molecule has 4 rings (SSSR count). The van der Waals surface area contributed by atoms with Crippen molar-refractivity contribution in [3.8, 4) is 5.75 Å². The van der Waals surface area contributed by atoms with Gasteiger partial charge in [0.2, 0.25) is 0 Å². The fraction of sp³-hybridized carbons (Fsp3) is 0.400.